The van der Waals surface area contributed by atoms with Gasteiger partial charge in [0, 0.05) is 35.6 Å². The molecule has 1 aromatic heterocycles. The molecule has 2 heterocycles. The number of carbonyl (C=O) groups is 1. The van der Waals surface area contributed by atoms with E-state index < -0.39 is 15.5 Å². The van der Waals surface area contributed by atoms with E-state index in [1.165, 1.54) is 6.20 Å². The third-order valence-electron chi connectivity index (χ3n) is 3.50. The molecule has 5 nitrogen and oxygen atoms in total. The predicted molar refractivity (Wildman–Crippen MR) is 84.1 cm³/mol. The first-order valence-electron chi connectivity index (χ1n) is 6.92. The molecule has 0 aliphatic carbocycles. The molecule has 1 aromatic rings. The second-order valence-electron chi connectivity index (χ2n) is 6.12. The summed E-state index contributed by atoms with van der Waals surface area (Å²) in [6, 6.07) is 0. The van der Waals surface area contributed by atoms with Crippen molar-refractivity contribution in [2.45, 2.75) is 38.4 Å². The summed E-state index contributed by atoms with van der Waals surface area (Å²) in [5, 5.41) is 0.258. The summed E-state index contributed by atoms with van der Waals surface area (Å²) in [6.45, 7) is 8.64. The Morgan fingerprint density at radius 1 is 1.48 bits per heavy atom. The van der Waals surface area contributed by atoms with Crippen molar-refractivity contribution < 1.29 is 9.00 Å². The predicted octanol–water partition coefficient (Wildman–Crippen LogP) is 2.24. The number of halogens is 1. The smallest absolute Gasteiger partial charge is 0.274 e. The standard InChI is InChI=1S/C14H20ClN3O2S/c1-9(2)12-16-7-10(15)11(17-12)13(19)18-5-6-21(20)14(3,4)8-18/h7,9H,5-6,8H2,1-4H3/t21-/m1/s1. The van der Waals surface area contributed by atoms with Crippen molar-refractivity contribution >= 4 is 28.3 Å². The Hall–Kier alpha value is -1.01. The number of hydrogen-bond donors (Lipinski definition) is 0. The molecule has 0 saturated carbocycles. The number of amides is 1. The molecule has 1 atom stereocenters. The average molecular weight is 330 g/mol. The Kier molecular flexibility index (Phi) is 4.68. The first-order valence-corrected chi connectivity index (χ1v) is 8.62. The molecule has 1 aliphatic heterocycles. The van der Waals surface area contributed by atoms with Gasteiger partial charge in [-0.3, -0.25) is 9.00 Å². The van der Waals surface area contributed by atoms with Gasteiger partial charge in [-0.25, -0.2) is 9.97 Å². The lowest BCUT2D eigenvalue weighted by atomic mass is 10.1. The molecular weight excluding hydrogens is 310 g/mol. The zero-order valence-corrected chi connectivity index (χ0v) is 14.3. The minimum absolute atomic E-state index is 0.124. The van der Waals surface area contributed by atoms with Crippen LogP contribution >= 0.6 is 11.6 Å². The monoisotopic (exact) mass is 329 g/mol. The first kappa shape index (κ1) is 16.4. The lowest BCUT2D eigenvalue weighted by Gasteiger charge is -2.37. The molecule has 0 bridgehead atoms. The molecule has 2 rings (SSSR count). The fraction of sp³-hybridized carbons (Fsp3) is 0.643. The van der Waals surface area contributed by atoms with Crippen LogP contribution in [-0.4, -0.2) is 48.6 Å². The molecule has 1 aliphatic rings. The van der Waals surface area contributed by atoms with Crippen molar-refractivity contribution in [3.63, 3.8) is 0 Å². The second kappa shape index (κ2) is 6.01. The van der Waals surface area contributed by atoms with E-state index in [0.717, 1.165) is 0 Å². The summed E-state index contributed by atoms with van der Waals surface area (Å²) in [7, 11) is -0.921. The van der Waals surface area contributed by atoms with E-state index in [-0.39, 0.29) is 22.5 Å². The van der Waals surface area contributed by atoms with Crippen LogP contribution in [0.25, 0.3) is 0 Å². The summed E-state index contributed by atoms with van der Waals surface area (Å²) >= 11 is 6.08. The minimum atomic E-state index is -0.921. The third kappa shape index (κ3) is 3.43. The molecule has 21 heavy (non-hydrogen) atoms. The number of carbonyl (C=O) groups excluding carboxylic acids is 1. The molecule has 116 valence electrons. The highest BCUT2D eigenvalue weighted by Crippen LogP contribution is 2.24. The SMILES string of the molecule is CC(C)c1ncc(Cl)c(C(=O)N2CC[S@@](=O)C(C)(C)C2)n1. The van der Waals surface area contributed by atoms with Gasteiger partial charge >= 0.3 is 0 Å². The Balaban J connectivity index is 2.28. The van der Waals surface area contributed by atoms with Crippen molar-refractivity contribution in [2.75, 3.05) is 18.8 Å². The van der Waals surface area contributed by atoms with Crippen LogP contribution in [0.2, 0.25) is 5.02 Å². The van der Waals surface area contributed by atoms with Gasteiger partial charge < -0.3 is 4.90 Å². The van der Waals surface area contributed by atoms with Crippen LogP contribution in [0.5, 0.6) is 0 Å². The highest BCUT2D eigenvalue weighted by molar-refractivity contribution is 7.86. The quantitative estimate of drug-likeness (QED) is 0.834. The van der Waals surface area contributed by atoms with Crippen molar-refractivity contribution in [1.82, 2.24) is 14.9 Å². The number of aromatic nitrogens is 2. The molecule has 1 amide bonds. The maximum Gasteiger partial charge on any atom is 0.274 e. The fourth-order valence-corrected chi connectivity index (χ4v) is 3.62. The Morgan fingerprint density at radius 2 is 2.14 bits per heavy atom. The van der Waals surface area contributed by atoms with E-state index in [9.17, 15) is 9.00 Å². The zero-order valence-electron chi connectivity index (χ0n) is 12.7. The molecule has 1 saturated heterocycles. The van der Waals surface area contributed by atoms with Gasteiger partial charge in [-0.15, -0.1) is 0 Å². The van der Waals surface area contributed by atoms with Crippen LogP contribution in [0, 0.1) is 0 Å². The van der Waals surface area contributed by atoms with Gasteiger partial charge in [-0.1, -0.05) is 25.4 Å². The van der Waals surface area contributed by atoms with Crippen LogP contribution in [-0.2, 0) is 10.8 Å². The molecular formula is C14H20ClN3O2S. The van der Waals surface area contributed by atoms with E-state index in [0.29, 0.717) is 24.7 Å². The van der Waals surface area contributed by atoms with Gasteiger partial charge in [0.05, 0.1) is 16.0 Å². The topological polar surface area (TPSA) is 63.2 Å². The van der Waals surface area contributed by atoms with Crippen molar-refractivity contribution in [2.24, 2.45) is 0 Å². The largest absolute Gasteiger partial charge is 0.335 e. The highest BCUT2D eigenvalue weighted by atomic mass is 35.5. The van der Waals surface area contributed by atoms with E-state index in [2.05, 4.69) is 9.97 Å². The number of rotatable bonds is 2. The molecule has 0 N–H and O–H groups in total. The van der Waals surface area contributed by atoms with Gasteiger partial charge in [-0.05, 0) is 13.8 Å². The van der Waals surface area contributed by atoms with Gasteiger partial charge in [0.2, 0.25) is 0 Å². The van der Waals surface area contributed by atoms with Crippen molar-refractivity contribution in [1.29, 1.82) is 0 Å². The van der Waals surface area contributed by atoms with E-state index >= 15 is 0 Å². The van der Waals surface area contributed by atoms with E-state index in [4.69, 9.17) is 11.6 Å². The van der Waals surface area contributed by atoms with Crippen LogP contribution in [0.1, 0.15) is 49.9 Å². The van der Waals surface area contributed by atoms with Gasteiger partial charge in [0.1, 0.15) is 5.82 Å². The van der Waals surface area contributed by atoms with E-state index in [1.54, 1.807) is 4.90 Å². The Morgan fingerprint density at radius 3 is 2.71 bits per heavy atom. The summed E-state index contributed by atoms with van der Waals surface area (Å²) in [5.41, 5.74) is 0.235. The minimum Gasteiger partial charge on any atom is -0.335 e. The second-order valence-corrected chi connectivity index (χ2v) is 8.73. The lowest BCUT2D eigenvalue weighted by molar-refractivity contribution is 0.0739. The van der Waals surface area contributed by atoms with E-state index in [1.807, 2.05) is 27.7 Å². The normalized spacial score (nSPS) is 21.6. The average Bonchev–Trinajstić information content (AvgIpc) is 2.41. The van der Waals surface area contributed by atoms with Gasteiger partial charge in [-0.2, -0.15) is 0 Å². The Labute approximate surface area is 132 Å². The van der Waals surface area contributed by atoms with Crippen LogP contribution in [0.4, 0.5) is 0 Å². The molecule has 7 heteroatoms. The molecule has 0 aromatic carbocycles. The zero-order chi connectivity index (χ0) is 15.8. The van der Waals surface area contributed by atoms with Crippen molar-refractivity contribution in [3.8, 4) is 0 Å². The summed E-state index contributed by atoms with van der Waals surface area (Å²) in [4.78, 5) is 22.8. The fourth-order valence-electron chi connectivity index (χ4n) is 2.21. The maximum atomic E-state index is 12.6. The summed E-state index contributed by atoms with van der Waals surface area (Å²) in [6.07, 6.45) is 1.48. The highest BCUT2D eigenvalue weighted by Gasteiger charge is 2.36. The molecule has 0 spiro atoms. The number of hydrogen-bond acceptors (Lipinski definition) is 4. The first-order chi connectivity index (χ1) is 9.72. The van der Waals surface area contributed by atoms with Crippen LogP contribution in [0.15, 0.2) is 6.20 Å². The lowest BCUT2D eigenvalue weighted by Crippen LogP contribution is -2.52. The van der Waals surface area contributed by atoms with Gasteiger partial charge in [0.15, 0.2) is 5.69 Å². The van der Waals surface area contributed by atoms with Crippen molar-refractivity contribution in [3.05, 3.63) is 22.7 Å². The summed E-state index contributed by atoms with van der Waals surface area (Å²) < 4.78 is 11.5. The third-order valence-corrected chi connectivity index (χ3v) is 5.70. The van der Waals surface area contributed by atoms with Crippen LogP contribution < -0.4 is 0 Å². The van der Waals surface area contributed by atoms with Gasteiger partial charge in [0.25, 0.3) is 5.91 Å². The molecule has 0 radical (unpaired) electrons. The number of nitrogens with zero attached hydrogens (tertiary/aromatic N) is 3. The van der Waals surface area contributed by atoms with Crippen LogP contribution in [0.3, 0.4) is 0 Å². The molecule has 1 fully saturated rings. The Bertz CT molecular complexity index is 590. The summed E-state index contributed by atoms with van der Waals surface area (Å²) in [5.74, 6) is 0.995. The molecule has 0 unspecified atom stereocenters. The maximum absolute atomic E-state index is 12.6.